The quantitative estimate of drug-likeness (QED) is 0.893. The predicted molar refractivity (Wildman–Crippen MR) is 104 cm³/mol. The Kier molecular flexibility index (Phi) is 5.38. The molecule has 1 fully saturated rings. The number of amidine groups is 1. The van der Waals surface area contributed by atoms with E-state index in [1.54, 1.807) is 4.90 Å². The number of rotatable bonds is 5. The van der Waals surface area contributed by atoms with Crippen molar-refractivity contribution in [3.63, 3.8) is 0 Å². The molecule has 2 amide bonds. The summed E-state index contributed by atoms with van der Waals surface area (Å²) in [6, 6.07) is 13.7. The zero-order valence-electron chi connectivity index (χ0n) is 14.4. The Morgan fingerprint density at radius 1 is 1.20 bits per heavy atom. The van der Waals surface area contributed by atoms with Gasteiger partial charge in [0.1, 0.15) is 5.25 Å². The number of fused-ring (bicyclic) bond motifs is 1. The zero-order chi connectivity index (χ0) is 17.8. The van der Waals surface area contributed by atoms with Crippen molar-refractivity contribution in [3.05, 3.63) is 42.5 Å². The summed E-state index contributed by atoms with van der Waals surface area (Å²) in [5.74, 6) is -0.191. The van der Waals surface area contributed by atoms with Gasteiger partial charge in [0.15, 0.2) is 5.17 Å². The molecule has 1 heterocycles. The molecule has 1 N–H and O–H groups in total. The number of benzene rings is 2. The molecule has 0 aliphatic carbocycles. The lowest BCUT2D eigenvalue weighted by Gasteiger charge is -2.13. The van der Waals surface area contributed by atoms with Crippen LogP contribution in [0.4, 0.5) is 5.69 Å². The predicted octanol–water partition coefficient (Wildman–Crippen LogP) is 3.51. The van der Waals surface area contributed by atoms with E-state index in [1.807, 2.05) is 56.3 Å². The third-order valence-corrected chi connectivity index (χ3v) is 5.28. The number of hydrogen-bond donors (Lipinski definition) is 1. The third-order valence-electron chi connectivity index (χ3n) is 4.06. The minimum atomic E-state index is -0.403. The van der Waals surface area contributed by atoms with Crippen molar-refractivity contribution >= 4 is 45.2 Å². The van der Waals surface area contributed by atoms with Crippen LogP contribution in [-0.4, -0.2) is 40.2 Å². The molecule has 1 aliphatic rings. The molecule has 0 spiro atoms. The van der Waals surface area contributed by atoms with Crippen LogP contribution < -0.4 is 5.32 Å². The normalized spacial score (nSPS) is 19.0. The molecule has 2 aromatic carbocycles. The number of thioether (sulfide) groups is 1. The Balaban J connectivity index is 1.72. The summed E-state index contributed by atoms with van der Waals surface area (Å²) < 4.78 is 0. The fourth-order valence-corrected chi connectivity index (χ4v) is 4.16. The van der Waals surface area contributed by atoms with Gasteiger partial charge in [0.2, 0.25) is 11.8 Å². The van der Waals surface area contributed by atoms with Crippen LogP contribution in [0.3, 0.4) is 0 Å². The zero-order valence-corrected chi connectivity index (χ0v) is 15.2. The fourth-order valence-electron chi connectivity index (χ4n) is 2.89. The second-order valence-corrected chi connectivity index (χ2v) is 6.89. The molecule has 6 heteroatoms. The molecule has 5 nitrogen and oxygen atoms in total. The number of hydrogen-bond acceptors (Lipinski definition) is 4. The molecular formula is C19H21N3O2S. The molecule has 0 bridgehead atoms. The van der Waals surface area contributed by atoms with Crippen LogP contribution in [0.25, 0.3) is 10.8 Å². The van der Waals surface area contributed by atoms with Gasteiger partial charge in [-0.2, -0.15) is 0 Å². The van der Waals surface area contributed by atoms with E-state index in [4.69, 9.17) is 0 Å². The van der Waals surface area contributed by atoms with Crippen LogP contribution >= 0.6 is 11.8 Å². The second-order valence-electron chi connectivity index (χ2n) is 5.72. The molecule has 1 unspecified atom stereocenters. The largest absolute Gasteiger partial charge is 0.325 e. The highest BCUT2D eigenvalue weighted by molar-refractivity contribution is 8.15. The van der Waals surface area contributed by atoms with Crippen molar-refractivity contribution < 1.29 is 9.59 Å². The molecule has 2 aromatic rings. The van der Waals surface area contributed by atoms with E-state index >= 15 is 0 Å². The third kappa shape index (κ3) is 3.69. The van der Waals surface area contributed by atoms with Crippen molar-refractivity contribution in [1.82, 2.24) is 4.90 Å². The summed E-state index contributed by atoms with van der Waals surface area (Å²) in [6.07, 6.45) is 0.145. The van der Waals surface area contributed by atoms with Gasteiger partial charge in [-0.25, -0.2) is 0 Å². The first kappa shape index (κ1) is 17.5. The minimum absolute atomic E-state index is 0.0345. The van der Waals surface area contributed by atoms with Gasteiger partial charge >= 0.3 is 0 Å². The van der Waals surface area contributed by atoms with E-state index < -0.39 is 5.25 Å². The number of carbonyl (C=O) groups is 2. The number of nitrogens with zero attached hydrogens (tertiary/aromatic N) is 2. The molecular weight excluding hydrogens is 334 g/mol. The van der Waals surface area contributed by atoms with Crippen LogP contribution in [0.1, 0.15) is 20.3 Å². The smallest absolute Gasteiger partial charge is 0.242 e. The van der Waals surface area contributed by atoms with E-state index in [9.17, 15) is 9.59 Å². The monoisotopic (exact) mass is 355 g/mol. The number of carbonyl (C=O) groups excluding carboxylic acids is 2. The van der Waals surface area contributed by atoms with Crippen molar-refractivity contribution in [2.24, 2.45) is 4.99 Å². The number of nitrogens with one attached hydrogen (secondary N) is 1. The molecule has 0 saturated carbocycles. The van der Waals surface area contributed by atoms with Crippen molar-refractivity contribution in [1.29, 1.82) is 0 Å². The molecule has 0 radical (unpaired) electrons. The van der Waals surface area contributed by atoms with Gasteiger partial charge in [-0.1, -0.05) is 48.2 Å². The number of anilines is 1. The Bertz CT molecular complexity index is 829. The second kappa shape index (κ2) is 7.70. The molecule has 1 atom stereocenters. The highest BCUT2D eigenvalue weighted by atomic mass is 32.2. The van der Waals surface area contributed by atoms with Gasteiger partial charge < -0.3 is 5.32 Å². The SMILES string of the molecule is CCN=C1SC(CC(=O)Nc2cccc3ccccc23)C(=O)N1CC. The lowest BCUT2D eigenvalue weighted by molar-refractivity contribution is -0.128. The summed E-state index contributed by atoms with van der Waals surface area (Å²) in [5.41, 5.74) is 0.772. The Labute approximate surface area is 151 Å². The molecule has 0 aromatic heterocycles. The number of aliphatic imine (C=N–C) groups is 1. The first-order chi connectivity index (χ1) is 12.1. The average Bonchev–Trinajstić information content (AvgIpc) is 2.90. The van der Waals surface area contributed by atoms with Crippen molar-refractivity contribution in [2.45, 2.75) is 25.5 Å². The Morgan fingerprint density at radius 3 is 2.72 bits per heavy atom. The van der Waals surface area contributed by atoms with Crippen LogP contribution in [-0.2, 0) is 9.59 Å². The molecule has 25 heavy (non-hydrogen) atoms. The van der Waals surface area contributed by atoms with Gasteiger partial charge in [0.25, 0.3) is 0 Å². The van der Waals surface area contributed by atoms with Crippen LogP contribution in [0.2, 0.25) is 0 Å². The number of amides is 2. The van der Waals surface area contributed by atoms with Crippen LogP contribution in [0, 0.1) is 0 Å². The Morgan fingerprint density at radius 2 is 1.96 bits per heavy atom. The molecule has 1 aliphatic heterocycles. The van der Waals surface area contributed by atoms with Crippen LogP contribution in [0.5, 0.6) is 0 Å². The standard InChI is InChI=1S/C19H21N3O2S/c1-3-20-19-22(4-2)18(24)16(25-19)12-17(23)21-15-11-7-9-13-8-5-6-10-14(13)15/h5-11,16H,3-4,12H2,1-2H3,(H,21,23). The van der Waals surface area contributed by atoms with Crippen molar-refractivity contribution in [3.8, 4) is 0 Å². The van der Waals surface area contributed by atoms with Gasteiger partial charge in [-0.05, 0) is 25.3 Å². The van der Waals surface area contributed by atoms with E-state index in [-0.39, 0.29) is 18.2 Å². The summed E-state index contributed by atoms with van der Waals surface area (Å²) in [7, 11) is 0. The van der Waals surface area contributed by atoms with E-state index in [0.717, 1.165) is 21.6 Å². The average molecular weight is 355 g/mol. The lowest BCUT2D eigenvalue weighted by atomic mass is 10.1. The van der Waals surface area contributed by atoms with Gasteiger partial charge in [-0.3, -0.25) is 19.5 Å². The fraction of sp³-hybridized carbons (Fsp3) is 0.316. The topological polar surface area (TPSA) is 61.8 Å². The van der Waals surface area contributed by atoms with Crippen molar-refractivity contribution in [2.75, 3.05) is 18.4 Å². The maximum absolute atomic E-state index is 12.5. The van der Waals surface area contributed by atoms with Gasteiger partial charge in [0.05, 0.1) is 0 Å². The van der Waals surface area contributed by atoms with Crippen LogP contribution in [0.15, 0.2) is 47.5 Å². The highest BCUT2D eigenvalue weighted by Gasteiger charge is 2.38. The van der Waals surface area contributed by atoms with Gasteiger partial charge in [0, 0.05) is 30.6 Å². The first-order valence-electron chi connectivity index (χ1n) is 8.44. The first-order valence-corrected chi connectivity index (χ1v) is 9.32. The maximum atomic E-state index is 12.5. The Hall–Kier alpha value is -2.34. The molecule has 130 valence electrons. The van der Waals surface area contributed by atoms with Gasteiger partial charge in [-0.15, -0.1) is 0 Å². The van der Waals surface area contributed by atoms with E-state index in [1.165, 1.54) is 11.8 Å². The summed E-state index contributed by atoms with van der Waals surface area (Å²) >= 11 is 1.38. The summed E-state index contributed by atoms with van der Waals surface area (Å²) in [6.45, 7) is 5.06. The van der Waals surface area contributed by atoms with E-state index in [0.29, 0.717) is 13.1 Å². The highest BCUT2D eigenvalue weighted by Crippen LogP contribution is 2.30. The van der Waals surface area contributed by atoms with E-state index in [2.05, 4.69) is 10.3 Å². The minimum Gasteiger partial charge on any atom is -0.325 e. The maximum Gasteiger partial charge on any atom is 0.242 e. The molecule has 1 saturated heterocycles. The summed E-state index contributed by atoms with van der Waals surface area (Å²) in [5, 5.41) is 5.33. The molecule has 3 rings (SSSR count). The summed E-state index contributed by atoms with van der Waals surface area (Å²) in [4.78, 5) is 31.0. The lowest BCUT2D eigenvalue weighted by Crippen LogP contribution is -2.33.